The van der Waals surface area contributed by atoms with E-state index in [0.717, 1.165) is 34.9 Å². The van der Waals surface area contributed by atoms with Crippen LogP contribution in [0.4, 0.5) is 0 Å². The second kappa shape index (κ2) is 4.29. The Balaban J connectivity index is 2.07. The molecule has 2 aliphatic rings. The highest BCUT2D eigenvalue weighted by atomic mass is 32.2. The van der Waals surface area contributed by atoms with Crippen LogP contribution in [0.1, 0.15) is 42.5 Å². The van der Waals surface area contributed by atoms with E-state index in [1.165, 1.54) is 24.7 Å². The molecule has 3 nitrogen and oxygen atoms in total. The maximum absolute atomic E-state index is 12.4. The Morgan fingerprint density at radius 1 is 1.19 bits per heavy atom. The van der Waals surface area contributed by atoms with E-state index in [1.807, 2.05) is 12.3 Å². The molecule has 0 bridgehead atoms. The highest BCUT2D eigenvalue weighted by Gasteiger charge is 2.29. The summed E-state index contributed by atoms with van der Waals surface area (Å²) in [6, 6.07) is 4.17. The SMILES string of the molecule is CC1Cc2cc3cnc(C4CC4)cc3c(S(C)(=O)=O)c2C1. The molecule has 110 valence electrons. The average Bonchev–Trinajstić information content (AvgIpc) is 3.16. The summed E-state index contributed by atoms with van der Waals surface area (Å²) < 4.78 is 24.8. The van der Waals surface area contributed by atoms with Gasteiger partial charge in [0.1, 0.15) is 0 Å². The zero-order valence-electron chi connectivity index (χ0n) is 12.4. The van der Waals surface area contributed by atoms with Crippen molar-refractivity contribution in [2.24, 2.45) is 5.92 Å². The van der Waals surface area contributed by atoms with Gasteiger partial charge in [-0.2, -0.15) is 0 Å². The van der Waals surface area contributed by atoms with Gasteiger partial charge in [-0.25, -0.2) is 8.42 Å². The fraction of sp³-hybridized carbons (Fsp3) is 0.471. The molecule has 4 rings (SSSR count). The number of benzene rings is 1. The zero-order chi connectivity index (χ0) is 14.8. The molecule has 0 amide bonds. The summed E-state index contributed by atoms with van der Waals surface area (Å²) in [6.07, 6.45) is 7.39. The Morgan fingerprint density at radius 3 is 2.62 bits per heavy atom. The minimum atomic E-state index is -3.23. The van der Waals surface area contributed by atoms with Crippen molar-refractivity contribution in [1.82, 2.24) is 4.98 Å². The number of hydrogen-bond acceptors (Lipinski definition) is 3. The van der Waals surface area contributed by atoms with Crippen molar-refractivity contribution < 1.29 is 8.42 Å². The molecule has 0 spiro atoms. The summed E-state index contributed by atoms with van der Waals surface area (Å²) in [5.41, 5.74) is 3.29. The van der Waals surface area contributed by atoms with Crippen LogP contribution in [-0.4, -0.2) is 19.7 Å². The second-order valence-corrected chi connectivity index (χ2v) is 8.69. The molecule has 0 radical (unpaired) electrons. The largest absolute Gasteiger partial charge is 0.260 e. The summed E-state index contributed by atoms with van der Waals surface area (Å²) in [5.74, 6) is 1.06. The van der Waals surface area contributed by atoms with Gasteiger partial charge < -0.3 is 0 Å². The molecule has 1 aromatic carbocycles. The molecule has 2 aromatic rings. The second-order valence-electron chi connectivity index (χ2n) is 6.73. The van der Waals surface area contributed by atoms with E-state index >= 15 is 0 Å². The maximum atomic E-state index is 12.4. The summed E-state index contributed by atoms with van der Waals surface area (Å²) in [6.45, 7) is 2.19. The average molecular weight is 301 g/mol. The number of sulfone groups is 1. The lowest BCUT2D eigenvalue weighted by atomic mass is 10.0. The summed E-state index contributed by atoms with van der Waals surface area (Å²) >= 11 is 0. The van der Waals surface area contributed by atoms with E-state index in [4.69, 9.17) is 0 Å². The monoisotopic (exact) mass is 301 g/mol. The Hall–Kier alpha value is -1.42. The van der Waals surface area contributed by atoms with Crippen molar-refractivity contribution in [1.29, 1.82) is 0 Å². The third kappa shape index (κ3) is 2.16. The van der Waals surface area contributed by atoms with Crippen molar-refractivity contribution in [2.45, 2.75) is 43.4 Å². The minimum absolute atomic E-state index is 0.521. The zero-order valence-corrected chi connectivity index (χ0v) is 13.2. The predicted molar refractivity (Wildman–Crippen MR) is 83.4 cm³/mol. The fourth-order valence-corrected chi connectivity index (χ4v) is 4.84. The first-order valence-corrected chi connectivity index (χ1v) is 9.47. The lowest BCUT2D eigenvalue weighted by Gasteiger charge is -2.12. The van der Waals surface area contributed by atoms with Gasteiger partial charge in [0, 0.05) is 34.8 Å². The minimum Gasteiger partial charge on any atom is -0.260 e. The van der Waals surface area contributed by atoms with E-state index in [-0.39, 0.29) is 0 Å². The molecule has 2 aliphatic carbocycles. The van der Waals surface area contributed by atoms with Gasteiger partial charge in [0.2, 0.25) is 0 Å². The van der Waals surface area contributed by atoms with Gasteiger partial charge in [-0.3, -0.25) is 4.98 Å². The summed E-state index contributed by atoms with van der Waals surface area (Å²) in [5, 5.41) is 1.84. The van der Waals surface area contributed by atoms with Crippen LogP contribution in [0.25, 0.3) is 10.8 Å². The lowest BCUT2D eigenvalue weighted by Crippen LogP contribution is -2.05. The van der Waals surface area contributed by atoms with Crippen LogP contribution < -0.4 is 0 Å². The van der Waals surface area contributed by atoms with Crippen LogP contribution in [0.3, 0.4) is 0 Å². The number of nitrogens with zero attached hydrogens (tertiary/aromatic N) is 1. The molecule has 1 fully saturated rings. The first-order valence-electron chi connectivity index (χ1n) is 7.58. The van der Waals surface area contributed by atoms with Crippen LogP contribution in [0.5, 0.6) is 0 Å². The molecular formula is C17H19NO2S. The third-order valence-corrected chi connectivity index (χ3v) is 5.89. The summed E-state index contributed by atoms with van der Waals surface area (Å²) in [4.78, 5) is 5.10. The standard InChI is InChI=1S/C17H19NO2S/c1-10-5-12-7-13-9-18-16(11-3-4-11)8-15(13)17(14(12)6-10)21(2,19)20/h7-11H,3-6H2,1-2H3. The molecular weight excluding hydrogens is 282 g/mol. The topological polar surface area (TPSA) is 47.0 Å². The van der Waals surface area contributed by atoms with Crippen LogP contribution in [-0.2, 0) is 22.7 Å². The number of rotatable bonds is 2. The Morgan fingerprint density at radius 2 is 1.95 bits per heavy atom. The molecule has 1 unspecified atom stereocenters. The van der Waals surface area contributed by atoms with Gasteiger partial charge in [-0.15, -0.1) is 0 Å². The molecule has 0 aliphatic heterocycles. The van der Waals surface area contributed by atoms with Crippen LogP contribution in [0.15, 0.2) is 23.2 Å². The molecule has 0 N–H and O–H groups in total. The molecule has 1 atom stereocenters. The van der Waals surface area contributed by atoms with Crippen molar-refractivity contribution in [3.05, 3.63) is 35.2 Å². The van der Waals surface area contributed by atoms with Gasteiger partial charge in [-0.1, -0.05) is 6.92 Å². The van der Waals surface area contributed by atoms with E-state index in [0.29, 0.717) is 16.7 Å². The Bertz CT molecular complexity index is 851. The van der Waals surface area contributed by atoms with Crippen molar-refractivity contribution >= 4 is 20.6 Å². The van der Waals surface area contributed by atoms with Crippen LogP contribution in [0.2, 0.25) is 0 Å². The van der Waals surface area contributed by atoms with E-state index in [9.17, 15) is 8.42 Å². The van der Waals surface area contributed by atoms with E-state index < -0.39 is 9.84 Å². The van der Waals surface area contributed by atoms with Crippen LogP contribution >= 0.6 is 0 Å². The molecule has 21 heavy (non-hydrogen) atoms. The first kappa shape index (κ1) is 13.3. The molecule has 1 heterocycles. The van der Waals surface area contributed by atoms with Gasteiger partial charge in [0.05, 0.1) is 4.90 Å². The highest BCUT2D eigenvalue weighted by Crippen LogP contribution is 2.42. The lowest BCUT2D eigenvalue weighted by molar-refractivity contribution is 0.599. The third-order valence-electron chi connectivity index (χ3n) is 4.68. The number of hydrogen-bond donors (Lipinski definition) is 0. The van der Waals surface area contributed by atoms with E-state index in [1.54, 1.807) is 0 Å². The Labute approximate surface area is 125 Å². The highest BCUT2D eigenvalue weighted by molar-refractivity contribution is 7.91. The van der Waals surface area contributed by atoms with Crippen molar-refractivity contribution in [2.75, 3.05) is 6.26 Å². The normalized spacial score (nSPS) is 21.7. The first-order chi connectivity index (χ1) is 9.93. The maximum Gasteiger partial charge on any atom is 0.176 e. The number of fused-ring (bicyclic) bond motifs is 2. The van der Waals surface area contributed by atoms with Crippen molar-refractivity contribution in [3.63, 3.8) is 0 Å². The fourth-order valence-electron chi connectivity index (χ4n) is 3.60. The van der Waals surface area contributed by atoms with Gasteiger partial charge in [-0.05, 0) is 54.9 Å². The van der Waals surface area contributed by atoms with E-state index in [2.05, 4.69) is 18.0 Å². The Kier molecular flexibility index (Phi) is 2.71. The van der Waals surface area contributed by atoms with Gasteiger partial charge in [0.25, 0.3) is 0 Å². The predicted octanol–water partition coefficient (Wildman–Crippen LogP) is 3.25. The molecule has 0 saturated heterocycles. The number of aromatic nitrogens is 1. The number of pyridine rings is 1. The summed E-state index contributed by atoms with van der Waals surface area (Å²) in [7, 11) is -3.23. The van der Waals surface area contributed by atoms with Crippen molar-refractivity contribution in [3.8, 4) is 0 Å². The van der Waals surface area contributed by atoms with Gasteiger partial charge >= 0.3 is 0 Å². The van der Waals surface area contributed by atoms with Crippen LogP contribution in [0, 0.1) is 5.92 Å². The van der Waals surface area contributed by atoms with Gasteiger partial charge in [0.15, 0.2) is 9.84 Å². The smallest absolute Gasteiger partial charge is 0.176 e. The molecule has 1 saturated carbocycles. The quantitative estimate of drug-likeness (QED) is 0.855. The molecule has 1 aromatic heterocycles. The molecule has 4 heteroatoms.